The molecule has 0 saturated heterocycles. The number of nitrogens with zero attached hydrogens (tertiary/aromatic N) is 3. The molecule has 0 bridgehead atoms. The zero-order chi connectivity index (χ0) is 85.8. The molecule has 0 radical (unpaired) electrons. The number of carbonyl (C=O) groups excluding carboxylic acids is 9. The molecule has 1 aromatic rings. The van der Waals surface area contributed by atoms with Crippen molar-refractivity contribution in [2.24, 2.45) is 40.7 Å². The van der Waals surface area contributed by atoms with Crippen molar-refractivity contribution in [3.8, 4) is 11.5 Å². The third kappa shape index (κ3) is 36.3. The monoisotopic (exact) mass is 1590 g/mol. The molecule has 2 aliphatic heterocycles. The number of aromatic nitrogens is 4. The molecule has 0 aromatic heterocycles. The van der Waals surface area contributed by atoms with E-state index in [1.807, 2.05) is 13.8 Å². The van der Waals surface area contributed by atoms with Crippen molar-refractivity contribution in [3.63, 3.8) is 0 Å². The quantitative estimate of drug-likeness (QED) is 0.0116. The number of rotatable bonds is 40. The Labute approximate surface area is 661 Å². The fourth-order valence-electron chi connectivity index (χ4n) is 11.3. The van der Waals surface area contributed by atoms with Gasteiger partial charge in [-0.25, -0.2) is 19.4 Å². The number of unbranched alkanes of at least 4 members (excludes halogenated alkanes) is 1. The summed E-state index contributed by atoms with van der Waals surface area (Å²) < 4.78 is 75.5. The average molecular weight is 1590 g/mol. The van der Waals surface area contributed by atoms with Crippen LogP contribution in [-0.4, -0.2) is 186 Å². The summed E-state index contributed by atoms with van der Waals surface area (Å²) in [5.74, 6) is -11.6. The molecule has 112 heavy (non-hydrogen) atoms. The second-order valence-corrected chi connectivity index (χ2v) is 37.0. The largest absolute Gasteiger partial charge is 0.461 e. The number of ether oxygens (including phenoxy) is 12. The van der Waals surface area contributed by atoms with E-state index in [2.05, 4.69) is 9.97 Å². The fraction of sp³-hybridized carbons (Fsp3) is 0.765. The van der Waals surface area contributed by atoms with E-state index in [1.165, 1.54) is 4.57 Å². The highest BCUT2D eigenvalue weighted by Crippen LogP contribution is 2.32. The molecule has 31 heteroatoms. The first-order chi connectivity index (χ1) is 51.0. The third-order valence-corrected chi connectivity index (χ3v) is 16.5. The first kappa shape index (κ1) is 98.6. The van der Waals surface area contributed by atoms with Gasteiger partial charge in [-0.3, -0.25) is 43.3 Å². The van der Waals surface area contributed by atoms with Gasteiger partial charge in [-0.05, 0) is 261 Å². The van der Waals surface area contributed by atoms with E-state index in [-0.39, 0.29) is 99.6 Å². The Morgan fingerprint density at radius 1 is 0.429 bits per heavy atom. The van der Waals surface area contributed by atoms with Gasteiger partial charge in [0.1, 0.15) is 87.9 Å². The maximum atomic E-state index is 15.4. The molecule has 0 saturated carbocycles. The highest BCUT2D eigenvalue weighted by atomic mass is 16.6. The molecule has 3 rings (SSSR count). The number of hydrogen-bond donors (Lipinski definition) is 5. The maximum absolute atomic E-state index is 15.4. The van der Waals surface area contributed by atoms with Crippen molar-refractivity contribution in [2.75, 3.05) is 26.4 Å². The first-order valence-corrected chi connectivity index (χ1v) is 38.8. The molecule has 0 fully saturated rings. The number of hydrogen-bond acceptors (Lipinski definition) is 29. The van der Waals surface area contributed by atoms with E-state index in [9.17, 15) is 47.9 Å². The normalized spacial score (nSPS) is 15.8. The molecule has 10 atom stereocenters. The predicted molar refractivity (Wildman–Crippen MR) is 419 cm³/mol. The summed E-state index contributed by atoms with van der Waals surface area (Å²) in [6, 6.07) is 0.00234. The van der Waals surface area contributed by atoms with Gasteiger partial charge in [0.25, 0.3) is 5.56 Å². The number of aromatic amines is 1. The minimum atomic E-state index is -2.63. The molecular weight excluding hydrogens is 1450 g/mol. The Kier molecular flexibility index (Phi) is 36.2. The molecule has 10 unspecified atom stereocenters. The minimum absolute atomic E-state index is 0.000426. The van der Waals surface area contributed by atoms with Crippen LogP contribution in [0.2, 0.25) is 0 Å². The van der Waals surface area contributed by atoms with Crippen LogP contribution in [0.4, 0.5) is 0 Å². The van der Waals surface area contributed by atoms with E-state index in [0.29, 0.717) is 5.56 Å². The van der Waals surface area contributed by atoms with Gasteiger partial charge in [-0.15, -0.1) is 0 Å². The van der Waals surface area contributed by atoms with E-state index in [0.717, 1.165) is 5.56 Å². The second kappa shape index (κ2) is 41.1. The lowest BCUT2D eigenvalue weighted by atomic mass is 9.92. The zero-order valence-corrected chi connectivity index (χ0v) is 71.6. The molecule has 0 amide bonds. The lowest BCUT2D eigenvalue weighted by molar-refractivity contribution is -0.193. The third-order valence-electron chi connectivity index (χ3n) is 16.5. The van der Waals surface area contributed by atoms with Gasteiger partial charge in [0.2, 0.25) is 5.54 Å². The van der Waals surface area contributed by atoms with Crippen molar-refractivity contribution in [1.82, 2.24) is 19.5 Å². The van der Waals surface area contributed by atoms with Crippen LogP contribution in [0, 0.1) is 31.6 Å². The van der Waals surface area contributed by atoms with Crippen LogP contribution >= 0.6 is 0 Å². The number of carbonyl (C=O) groups is 9. The van der Waals surface area contributed by atoms with Crippen molar-refractivity contribution >= 4 is 64.8 Å². The maximum Gasteiger partial charge on any atom is 0.349 e. The number of fused-ring (bicyclic) bond motifs is 2. The van der Waals surface area contributed by atoms with Gasteiger partial charge < -0.3 is 84.3 Å². The summed E-state index contributed by atoms with van der Waals surface area (Å²) in [6.45, 7) is 40.1. The first-order valence-electron chi connectivity index (χ1n) is 38.8. The lowest BCUT2D eigenvalue weighted by Gasteiger charge is -2.37. The zero-order valence-electron chi connectivity index (χ0n) is 71.6. The van der Waals surface area contributed by atoms with Crippen LogP contribution in [-0.2, 0) is 107 Å². The van der Waals surface area contributed by atoms with Crippen molar-refractivity contribution in [2.45, 2.75) is 357 Å². The van der Waals surface area contributed by atoms with Crippen LogP contribution in [0.15, 0.2) is 21.7 Å². The molecule has 1 aromatic carbocycles. The van der Waals surface area contributed by atoms with Crippen molar-refractivity contribution in [1.29, 1.82) is 0 Å². The summed E-state index contributed by atoms with van der Waals surface area (Å²) in [4.78, 5) is 167. The molecule has 0 aliphatic carbocycles. The highest BCUT2D eigenvalue weighted by molar-refractivity contribution is 6.04. The van der Waals surface area contributed by atoms with Gasteiger partial charge in [0.15, 0.2) is 11.5 Å². The number of nitrogens with one attached hydrogen (secondary N) is 1. The smallest absolute Gasteiger partial charge is 0.349 e. The second-order valence-electron chi connectivity index (χ2n) is 37.0. The van der Waals surface area contributed by atoms with Gasteiger partial charge in [0.05, 0.1) is 55.2 Å². The van der Waals surface area contributed by atoms with Crippen LogP contribution in [0.25, 0.3) is 22.6 Å². The molecule has 9 N–H and O–H groups in total. The Hall–Kier alpha value is -7.55. The van der Waals surface area contributed by atoms with E-state index in [1.54, 1.807) is 178 Å². The SMILES string of the molecule is Cc1cc2nc3c(=O)[nH]c(=O)nc-3n(CC(OCC(CCCC(N)C(=O)OC(C)(C)C)C(=O)OC(C)(C)C)C(OCC(CCCC(N)C(=O)OC(C)(C)C)C(=O)OC(C)(C)C)C(COC(=O)C(N)(CCCCC(=O)OC(C)(C)C)C(=O)OC(C)(C)C)OCC(CCCC(N)C(=O)OC(C)(C)C)C(=O)OC(C)(C)C)c2cc1C. The van der Waals surface area contributed by atoms with Crippen LogP contribution in [0.5, 0.6) is 0 Å². The fourth-order valence-corrected chi connectivity index (χ4v) is 11.3. The number of esters is 9. The van der Waals surface area contributed by atoms with Gasteiger partial charge in [0, 0.05) is 6.42 Å². The molecule has 31 nitrogen and oxygen atoms in total. The van der Waals surface area contributed by atoms with Crippen LogP contribution < -0.4 is 34.2 Å². The van der Waals surface area contributed by atoms with Crippen molar-refractivity contribution in [3.05, 3.63) is 44.1 Å². The molecular formula is C81H134N8O23. The van der Waals surface area contributed by atoms with Crippen molar-refractivity contribution < 1.29 is 100.0 Å². The lowest BCUT2D eigenvalue weighted by Crippen LogP contribution is -2.58. The summed E-state index contributed by atoms with van der Waals surface area (Å²) in [5.41, 5.74) is 15.2. The standard InChI is InChI=1S/C81H134N8O23/c1-47-40-55-56(41-48(47)2)89(62-60(86-55)63(91)88-72(100)87-62)42-57(101-43-49(64(92)106-74(6,7)8)32-29-35-52(82)67(95)109-77(15,16)17)61(103-45-51(66(94)108-76(12,13)14)34-31-37-54(84)69(97)111-79(21,22)23)58(102-44-50(65(93)107-75(9,10)11)33-30-36-53(83)68(96)110-78(18,19)20)46-104-70(98)81(85,71(99)112-80(24,25)26)39-28-27-38-59(90)105-73(3,4)5/h40-41,49-54,57-58,61H,27-39,42-46,82-85H2,1-26H3,(H,88,91,100). The van der Waals surface area contributed by atoms with Gasteiger partial charge in [-0.1, -0.05) is 19.3 Å². The highest BCUT2D eigenvalue weighted by Gasteiger charge is 2.48. The Bertz CT molecular complexity index is 3740. The Balaban J connectivity index is 2.73. The molecule has 636 valence electrons. The Morgan fingerprint density at radius 2 is 0.795 bits per heavy atom. The van der Waals surface area contributed by atoms with Gasteiger partial charge in [-0.2, -0.15) is 4.98 Å². The molecule has 2 heterocycles. The van der Waals surface area contributed by atoms with E-state index >= 15 is 4.79 Å². The summed E-state index contributed by atoms with van der Waals surface area (Å²) in [7, 11) is 0. The van der Waals surface area contributed by atoms with Crippen LogP contribution in [0.3, 0.4) is 0 Å². The summed E-state index contributed by atoms with van der Waals surface area (Å²) in [6.07, 6.45) is -5.73. The predicted octanol–water partition coefficient (Wildman–Crippen LogP) is 9.23. The number of nitrogens with two attached hydrogens (primary N) is 4. The summed E-state index contributed by atoms with van der Waals surface area (Å²) >= 11 is 0. The van der Waals surface area contributed by atoms with E-state index in [4.69, 9.17) is 84.8 Å². The number of benzene rings is 1. The van der Waals surface area contributed by atoms with Gasteiger partial charge >= 0.3 is 59.4 Å². The molecule has 0 spiro atoms. The average Bonchev–Trinajstić information content (AvgIpc) is 0.751. The number of H-pyrrole nitrogens is 1. The Morgan fingerprint density at radius 3 is 1.19 bits per heavy atom. The minimum Gasteiger partial charge on any atom is -0.461 e. The molecule has 2 aliphatic rings. The number of aryl methyl sites for hydroxylation is 2. The van der Waals surface area contributed by atoms with Crippen LogP contribution in [0.1, 0.15) is 261 Å². The van der Waals surface area contributed by atoms with E-state index < -0.39 is 209 Å². The topological polar surface area (TPSA) is 449 Å². The summed E-state index contributed by atoms with van der Waals surface area (Å²) in [5, 5.41) is 0.